The molecule has 2 N–H and O–H groups in total. The van der Waals surface area contributed by atoms with Crippen molar-refractivity contribution in [3.05, 3.63) is 35.4 Å². The van der Waals surface area contributed by atoms with E-state index >= 15 is 0 Å². The monoisotopic (exact) mass is 260 g/mol. The molecule has 104 valence electrons. The Morgan fingerprint density at radius 3 is 2.95 bits per heavy atom. The summed E-state index contributed by atoms with van der Waals surface area (Å²) in [5, 5.41) is 6.51. The van der Waals surface area contributed by atoms with Crippen LogP contribution >= 0.6 is 0 Å². The van der Waals surface area contributed by atoms with E-state index in [1.165, 1.54) is 5.56 Å². The molecule has 2 unspecified atom stereocenters. The van der Waals surface area contributed by atoms with Gasteiger partial charge in [-0.3, -0.25) is 4.79 Å². The molecule has 1 aliphatic rings. The summed E-state index contributed by atoms with van der Waals surface area (Å²) in [7, 11) is 0. The summed E-state index contributed by atoms with van der Waals surface area (Å²) in [6, 6.07) is 8.36. The molecule has 3 heteroatoms. The van der Waals surface area contributed by atoms with E-state index in [0.717, 1.165) is 37.8 Å². The highest BCUT2D eigenvalue weighted by atomic mass is 16.2. The maximum absolute atomic E-state index is 12.4. The lowest BCUT2D eigenvalue weighted by Gasteiger charge is -2.28. The third-order valence-corrected chi connectivity index (χ3v) is 3.85. The second-order valence-corrected chi connectivity index (χ2v) is 5.24. The first-order chi connectivity index (χ1) is 9.26. The van der Waals surface area contributed by atoms with E-state index in [9.17, 15) is 4.79 Å². The highest BCUT2D eigenvalue weighted by molar-refractivity contribution is 5.84. The minimum Gasteiger partial charge on any atom is -0.352 e. The Hall–Kier alpha value is -1.35. The van der Waals surface area contributed by atoms with E-state index in [-0.39, 0.29) is 11.9 Å². The van der Waals surface area contributed by atoms with Gasteiger partial charge in [-0.2, -0.15) is 0 Å². The summed E-state index contributed by atoms with van der Waals surface area (Å²) in [6.45, 7) is 5.16. The van der Waals surface area contributed by atoms with E-state index in [4.69, 9.17) is 0 Å². The summed E-state index contributed by atoms with van der Waals surface area (Å²) < 4.78 is 0. The van der Waals surface area contributed by atoms with Crippen LogP contribution in [0.15, 0.2) is 24.3 Å². The van der Waals surface area contributed by atoms with Crippen LogP contribution in [0.5, 0.6) is 0 Å². The fraction of sp³-hybridized carbons (Fsp3) is 0.562. The molecular formula is C16H24N2O. The molecule has 1 amide bonds. The molecule has 0 saturated carbocycles. The summed E-state index contributed by atoms with van der Waals surface area (Å²) in [5.74, 6) is 0.118. The van der Waals surface area contributed by atoms with E-state index < -0.39 is 0 Å². The van der Waals surface area contributed by atoms with Gasteiger partial charge in [-0.15, -0.1) is 0 Å². The zero-order valence-electron chi connectivity index (χ0n) is 11.9. The van der Waals surface area contributed by atoms with Gasteiger partial charge in [-0.25, -0.2) is 0 Å². The van der Waals surface area contributed by atoms with Gasteiger partial charge in [0, 0.05) is 12.6 Å². The number of hydrogen-bond donors (Lipinski definition) is 2. The predicted octanol–water partition coefficient (Wildman–Crippen LogP) is 2.57. The van der Waals surface area contributed by atoms with Crippen molar-refractivity contribution in [1.82, 2.24) is 10.6 Å². The molecule has 0 bridgehead atoms. The van der Waals surface area contributed by atoms with E-state index in [2.05, 4.69) is 36.6 Å². The van der Waals surface area contributed by atoms with Crippen LogP contribution in [0.2, 0.25) is 0 Å². The van der Waals surface area contributed by atoms with Crippen molar-refractivity contribution < 1.29 is 4.79 Å². The number of benzene rings is 1. The topological polar surface area (TPSA) is 41.1 Å². The van der Waals surface area contributed by atoms with Crippen LogP contribution < -0.4 is 10.6 Å². The van der Waals surface area contributed by atoms with Crippen LogP contribution in [0, 0.1) is 0 Å². The number of carbonyl (C=O) groups excluding carboxylic acids is 1. The number of amides is 1. The molecule has 0 radical (unpaired) electrons. The quantitative estimate of drug-likeness (QED) is 0.854. The predicted molar refractivity (Wildman–Crippen MR) is 78.0 cm³/mol. The second-order valence-electron chi connectivity index (χ2n) is 5.24. The third-order valence-electron chi connectivity index (χ3n) is 3.85. The van der Waals surface area contributed by atoms with Crippen molar-refractivity contribution in [2.45, 2.75) is 51.6 Å². The Labute approximate surface area is 115 Å². The fourth-order valence-corrected chi connectivity index (χ4v) is 2.75. The first-order valence-corrected chi connectivity index (χ1v) is 7.37. The summed E-state index contributed by atoms with van der Waals surface area (Å²) in [5.41, 5.74) is 2.43. The van der Waals surface area contributed by atoms with Gasteiger partial charge >= 0.3 is 0 Å². The van der Waals surface area contributed by atoms with Gasteiger partial charge in [-0.05, 0) is 30.4 Å². The van der Waals surface area contributed by atoms with Gasteiger partial charge in [0.25, 0.3) is 0 Å². The molecule has 1 heterocycles. The number of nitrogens with one attached hydrogen (secondary N) is 2. The van der Waals surface area contributed by atoms with Gasteiger partial charge < -0.3 is 10.6 Å². The molecule has 0 aromatic heterocycles. The average molecular weight is 260 g/mol. The SMILES string of the molecule is CCCC(CC)NC(=O)C1NCCc2ccccc21. The van der Waals surface area contributed by atoms with Crippen molar-refractivity contribution in [3.63, 3.8) is 0 Å². The highest BCUT2D eigenvalue weighted by Gasteiger charge is 2.26. The molecule has 3 nitrogen and oxygen atoms in total. The van der Waals surface area contributed by atoms with Crippen molar-refractivity contribution >= 4 is 5.91 Å². The summed E-state index contributed by atoms with van der Waals surface area (Å²) >= 11 is 0. The molecule has 2 atom stereocenters. The summed E-state index contributed by atoms with van der Waals surface area (Å²) in [4.78, 5) is 12.4. The number of carbonyl (C=O) groups is 1. The lowest BCUT2D eigenvalue weighted by atomic mass is 9.93. The first-order valence-electron chi connectivity index (χ1n) is 7.37. The van der Waals surface area contributed by atoms with Crippen molar-refractivity contribution in [2.75, 3.05) is 6.54 Å². The Balaban J connectivity index is 2.08. The second kappa shape index (κ2) is 6.71. The van der Waals surface area contributed by atoms with Gasteiger partial charge in [0.1, 0.15) is 6.04 Å². The molecule has 1 aliphatic heterocycles. The largest absolute Gasteiger partial charge is 0.352 e. The van der Waals surface area contributed by atoms with Crippen LogP contribution in [0.3, 0.4) is 0 Å². The zero-order valence-corrected chi connectivity index (χ0v) is 11.9. The van der Waals surface area contributed by atoms with E-state index in [1.807, 2.05) is 12.1 Å². The minimum atomic E-state index is -0.184. The van der Waals surface area contributed by atoms with Crippen molar-refractivity contribution in [1.29, 1.82) is 0 Å². The molecule has 1 aromatic carbocycles. The van der Waals surface area contributed by atoms with Crippen LogP contribution in [-0.2, 0) is 11.2 Å². The maximum Gasteiger partial charge on any atom is 0.241 e. The zero-order chi connectivity index (χ0) is 13.7. The van der Waals surface area contributed by atoms with Crippen molar-refractivity contribution in [2.24, 2.45) is 0 Å². The third kappa shape index (κ3) is 3.35. The Morgan fingerprint density at radius 1 is 1.42 bits per heavy atom. The van der Waals surface area contributed by atoms with Gasteiger partial charge in [-0.1, -0.05) is 44.5 Å². The van der Waals surface area contributed by atoms with Crippen LogP contribution in [-0.4, -0.2) is 18.5 Å². The molecule has 19 heavy (non-hydrogen) atoms. The summed E-state index contributed by atoms with van der Waals surface area (Å²) in [6.07, 6.45) is 4.16. The van der Waals surface area contributed by atoms with Gasteiger partial charge in [0.15, 0.2) is 0 Å². The van der Waals surface area contributed by atoms with Gasteiger partial charge in [0.2, 0.25) is 5.91 Å². The minimum absolute atomic E-state index is 0.118. The van der Waals surface area contributed by atoms with Crippen molar-refractivity contribution in [3.8, 4) is 0 Å². The standard InChI is InChI=1S/C16H24N2O/c1-3-7-13(4-2)18-16(19)15-14-9-6-5-8-12(14)10-11-17-15/h5-6,8-9,13,15,17H,3-4,7,10-11H2,1-2H3,(H,18,19). The lowest BCUT2D eigenvalue weighted by molar-refractivity contribution is -0.124. The van der Waals surface area contributed by atoms with Gasteiger partial charge in [0.05, 0.1) is 0 Å². The maximum atomic E-state index is 12.4. The Bertz CT molecular complexity index is 431. The van der Waals surface area contributed by atoms with E-state index in [0.29, 0.717) is 6.04 Å². The Kier molecular flexibility index (Phi) is 4.97. The normalized spacial score (nSPS) is 19.6. The van der Waals surface area contributed by atoms with Crippen LogP contribution in [0.25, 0.3) is 0 Å². The molecule has 0 saturated heterocycles. The fourth-order valence-electron chi connectivity index (χ4n) is 2.75. The first kappa shape index (κ1) is 14.1. The molecule has 1 aromatic rings. The van der Waals surface area contributed by atoms with E-state index in [1.54, 1.807) is 0 Å². The number of fused-ring (bicyclic) bond motifs is 1. The average Bonchev–Trinajstić information content (AvgIpc) is 2.46. The number of hydrogen-bond acceptors (Lipinski definition) is 2. The molecule has 2 rings (SSSR count). The molecule has 0 aliphatic carbocycles. The highest BCUT2D eigenvalue weighted by Crippen LogP contribution is 2.23. The lowest BCUT2D eigenvalue weighted by Crippen LogP contribution is -2.45. The molecule has 0 spiro atoms. The molecule has 0 fully saturated rings. The Morgan fingerprint density at radius 2 is 2.21 bits per heavy atom. The molecular weight excluding hydrogens is 236 g/mol. The number of rotatable bonds is 5. The smallest absolute Gasteiger partial charge is 0.241 e. The van der Waals surface area contributed by atoms with Crippen LogP contribution in [0.4, 0.5) is 0 Å². The van der Waals surface area contributed by atoms with Crippen LogP contribution in [0.1, 0.15) is 50.3 Å².